The number of halogens is 1. The van der Waals surface area contributed by atoms with Crippen molar-refractivity contribution in [2.24, 2.45) is 5.73 Å². The van der Waals surface area contributed by atoms with E-state index in [1.807, 2.05) is 31.2 Å². The topological polar surface area (TPSA) is 26.0 Å². The average Bonchev–Trinajstić information content (AvgIpc) is 2.66. The van der Waals surface area contributed by atoms with E-state index in [0.29, 0.717) is 12.8 Å². The Kier molecular flexibility index (Phi) is 3.29. The Balaban J connectivity index is 2.21. The van der Waals surface area contributed by atoms with Crippen LogP contribution in [0.15, 0.2) is 24.3 Å². The van der Waals surface area contributed by atoms with E-state index in [-0.39, 0.29) is 6.04 Å². The smallest absolute Gasteiger partial charge is 0.136 e. The third kappa shape index (κ3) is 2.43. The molecule has 0 amide bonds. The van der Waals surface area contributed by atoms with Crippen molar-refractivity contribution in [3.05, 3.63) is 35.4 Å². The standard InChI is InChI=1S/C14H20FN/c1-11(16)9-12-5-4-6-13(10-12)14(15)7-2-3-8-14/h4-6,10-11H,2-3,7-9,16H2,1H3. The van der Waals surface area contributed by atoms with E-state index in [9.17, 15) is 4.39 Å². The lowest BCUT2D eigenvalue weighted by Crippen LogP contribution is -2.19. The van der Waals surface area contributed by atoms with Gasteiger partial charge in [0.05, 0.1) is 0 Å². The van der Waals surface area contributed by atoms with Gasteiger partial charge in [-0.1, -0.05) is 24.3 Å². The molecule has 0 bridgehead atoms. The fraction of sp³-hybridized carbons (Fsp3) is 0.571. The normalized spacial score (nSPS) is 20.9. The molecule has 2 heteroatoms. The first-order chi connectivity index (χ1) is 7.60. The SMILES string of the molecule is CC(N)Cc1cccc(C2(F)CCCC2)c1. The summed E-state index contributed by atoms with van der Waals surface area (Å²) in [5.41, 5.74) is 6.69. The van der Waals surface area contributed by atoms with Crippen LogP contribution < -0.4 is 5.73 Å². The molecule has 1 saturated carbocycles. The van der Waals surface area contributed by atoms with Crippen LogP contribution in [0.4, 0.5) is 4.39 Å². The summed E-state index contributed by atoms with van der Waals surface area (Å²) in [6.45, 7) is 1.98. The number of hydrogen-bond acceptors (Lipinski definition) is 1. The molecule has 88 valence electrons. The molecule has 1 nitrogen and oxygen atoms in total. The van der Waals surface area contributed by atoms with E-state index < -0.39 is 5.67 Å². The average molecular weight is 221 g/mol. The Morgan fingerprint density at radius 3 is 2.69 bits per heavy atom. The van der Waals surface area contributed by atoms with Crippen LogP contribution in [0.1, 0.15) is 43.7 Å². The highest BCUT2D eigenvalue weighted by Crippen LogP contribution is 2.42. The molecular formula is C14H20FN. The van der Waals surface area contributed by atoms with Gasteiger partial charge in [0.25, 0.3) is 0 Å². The predicted molar refractivity (Wildman–Crippen MR) is 65.0 cm³/mol. The Labute approximate surface area is 96.9 Å². The van der Waals surface area contributed by atoms with Gasteiger partial charge in [-0.3, -0.25) is 0 Å². The van der Waals surface area contributed by atoms with E-state index in [1.165, 1.54) is 0 Å². The van der Waals surface area contributed by atoms with Crippen molar-refractivity contribution in [3.8, 4) is 0 Å². The van der Waals surface area contributed by atoms with Crippen molar-refractivity contribution in [1.29, 1.82) is 0 Å². The zero-order valence-corrected chi connectivity index (χ0v) is 9.88. The largest absolute Gasteiger partial charge is 0.328 e. The molecule has 1 atom stereocenters. The number of alkyl halides is 1. The summed E-state index contributed by atoms with van der Waals surface area (Å²) < 4.78 is 14.5. The Morgan fingerprint density at radius 1 is 1.38 bits per heavy atom. The van der Waals surface area contributed by atoms with Crippen LogP contribution in [-0.2, 0) is 12.1 Å². The molecule has 1 aliphatic rings. The van der Waals surface area contributed by atoms with Gasteiger partial charge in [-0.05, 0) is 50.2 Å². The number of benzene rings is 1. The molecule has 0 aromatic heterocycles. The van der Waals surface area contributed by atoms with Crippen LogP contribution in [0, 0.1) is 0 Å². The molecule has 1 aromatic rings. The molecule has 1 aliphatic carbocycles. The van der Waals surface area contributed by atoms with Gasteiger partial charge in [0.2, 0.25) is 0 Å². The van der Waals surface area contributed by atoms with Gasteiger partial charge in [0.15, 0.2) is 0 Å². The Hall–Kier alpha value is -0.890. The maximum absolute atomic E-state index is 14.5. The van der Waals surface area contributed by atoms with Crippen LogP contribution in [0.5, 0.6) is 0 Å². The van der Waals surface area contributed by atoms with Gasteiger partial charge in [-0.25, -0.2) is 4.39 Å². The van der Waals surface area contributed by atoms with Gasteiger partial charge in [0.1, 0.15) is 5.67 Å². The summed E-state index contributed by atoms with van der Waals surface area (Å²) in [5, 5.41) is 0. The van der Waals surface area contributed by atoms with E-state index >= 15 is 0 Å². The highest BCUT2D eigenvalue weighted by molar-refractivity contribution is 5.29. The third-order valence-corrected chi connectivity index (χ3v) is 3.40. The number of rotatable bonds is 3. The summed E-state index contributed by atoms with van der Waals surface area (Å²) in [4.78, 5) is 0. The van der Waals surface area contributed by atoms with Crippen LogP contribution in [0.25, 0.3) is 0 Å². The zero-order valence-electron chi connectivity index (χ0n) is 9.88. The van der Waals surface area contributed by atoms with E-state index in [1.54, 1.807) is 0 Å². The van der Waals surface area contributed by atoms with Crippen LogP contribution >= 0.6 is 0 Å². The minimum absolute atomic E-state index is 0.134. The van der Waals surface area contributed by atoms with Crippen molar-refractivity contribution < 1.29 is 4.39 Å². The van der Waals surface area contributed by atoms with Crippen molar-refractivity contribution >= 4 is 0 Å². The second kappa shape index (κ2) is 4.54. The molecule has 1 aromatic carbocycles. The molecular weight excluding hydrogens is 201 g/mol. The predicted octanol–water partition coefficient (Wildman–Crippen LogP) is 3.32. The van der Waals surface area contributed by atoms with Crippen LogP contribution in [0.2, 0.25) is 0 Å². The highest BCUT2D eigenvalue weighted by Gasteiger charge is 2.35. The van der Waals surface area contributed by atoms with E-state index in [2.05, 4.69) is 0 Å². The van der Waals surface area contributed by atoms with Gasteiger partial charge in [-0.15, -0.1) is 0 Å². The number of nitrogens with two attached hydrogens (primary N) is 1. The Bertz CT molecular complexity index is 354. The van der Waals surface area contributed by atoms with E-state index in [0.717, 1.165) is 30.4 Å². The minimum Gasteiger partial charge on any atom is -0.328 e. The van der Waals surface area contributed by atoms with Gasteiger partial charge < -0.3 is 5.73 Å². The van der Waals surface area contributed by atoms with Crippen molar-refractivity contribution in [2.45, 2.75) is 50.7 Å². The highest BCUT2D eigenvalue weighted by atomic mass is 19.1. The van der Waals surface area contributed by atoms with E-state index in [4.69, 9.17) is 5.73 Å². The summed E-state index contributed by atoms with van der Waals surface area (Å²) in [6, 6.07) is 8.03. The first-order valence-electron chi connectivity index (χ1n) is 6.14. The second-order valence-electron chi connectivity index (χ2n) is 5.05. The van der Waals surface area contributed by atoms with Gasteiger partial charge >= 0.3 is 0 Å². The third-order valence-electron chi connectivity index (χ3n) is 3.40. The maximum atomic E-state index is 14.5. The minimum atomic E-state index is -1.08. The lowest BCUT2D eigenvalue weighted by atomic mass is 9.92. The Morgan fingerprint density at radius 2 is 2.06 bits per heavy atom. The molecule has 0 heterocycles. The van der Waals surface area contributed by atoms with Crippen LogP contribution in [0.3, 0.4) is 0 Å². The number of hydrogen-bond donors (Lipinski definition) is 1. The summed E-state index contributed by atoms with van der Waals surface area (Å²) >= 11 is 0. The molecule has 2 rings (SSSR count). The summed E-state index contributed by atoms with van der Waals surface area (Å²) in [6.07, 6.45) is 4.19. The molecule has 1 fully saturated rings. The van der Waals surface area contributed by atoms with Gasteiger partial charge in [0, 0.05) is 6.04 Å². The quantitative estimate of drug-likeness (QED) is 0.832. The molecule has 0 saturated heterocycles. The summed E-state index contributed by atoms with van der Waals surface area (Å²) in [5.74, 6) is 0. The van der Waals surface area contributed by atoms with Crippen molar-refractivity contribution in [1.82, 2.24) is 0 Å². The fourth-order valence-corrected chi connectivity index (χ4v) is 2.57. The first kappa shape index (κ1) is 11.6. The molecule has 2 N–H and O–H groups in total. The first-order valence-corrected chi connectivity index (χ1v) is 6.14. The zero-order chi connectivity index (χ0) is 11.6. The van der Waals surface area contributed by atoms with Crippen molar-refractivity contribution in [2.75, 3.05) is 0 Å². The van der Waals surface area contributed by atoms with Crippen LogP contribution in [-0.4, -0.2) is 6.04 Å². The monoisotopic (exact) mass is 221 g/mol. The molecule has 0 aliphatic heterocycles. The van der Waals surface area contributed by atoms with Crippen molar-refractivity contribution in [3.63, 3.8) is 0 Å². The second-order valence-corrected chi connectivity index (χ2v) is 5.05. The molecule has 0 radical (unpaired) electrons. The summed E-state index contributed by atoms with van der Waals surface area (Å²) in [7, 11) is 0. The molecule has 1 unspecified atom stereocenters. The van der Waals surface area contributed by atoms with Gasteiger partial charge in [-0.2, -0.15) is 0 Å². The lowest BCUT2D eigenvalue weighted by Gasteiger charge is -2.20. The maximum Gasteiger partial charge on any atom is 0.136 e. The molecule has 16 heavy (non-hydrogen) atoms. The fourth-order valence-electron chi connectivity index (χ4n) is 2.57. The molecule has 0 spiro atoms. The lowest BCUT2D eigenvalue weighted by molar-refractivity contribution is 0.174.